The van der Waals surface area contributed by atoms with Crippen LogP contribution in [-0.2, 0) is 0 Å². The van der Waals surface area contributed by atoms with Crippen LogP contribution in [0.5, 0.6) is 0 Å². The van der Waals surface area contributed by atoms with Gasteiger partial charge in [-0.25, -0.2) is 0 Å². The molecule has 9 aromatic carbocycles. The molecule has 13 rings (SSSR count). The molecule has 2 heterocycles. The van der Waals surface area contributed by atoms with Crippen molar-refractivity contribution in [3.63, 3.8) is 0 Å². The fourth-order valence-electron chi connectivity index (χ4n) is 10.8. The van der Waals surface area contributed by atoms with Gasteiger partial charge in [-0.2, -0.15) is 0 Å². The number of rotatable bonds is 7. The zero-order chi connectivity index (χ0) is 42.8. The first-order valence-electron chi connectivity index (χ1n) is 22.8. The summed E-state index contributed by atoms with van der Waals surface area (Å²) >= 11 is 0. The molecule has 308 valence electrons. The predicted molar refractivity (Wildman–Crippen MR) is 275 cm³/mol. The van der Waals surface area contributed by atoms with Crippen molar-refractivity contribution in [3.8, 4) is 22.3 Å². The Labute approximate surface area is 377 Å². The number of nitrogens with zero attached hydrogens (tertiary/aromatic N) is 2. The maximum atomic E-state index is 6.86. The Hall–Kier alpha value is -8.14. The average Bonchev–Trinajstić information content (AvgIpc) is 3.91. The molecule has 2 atom stereocenters. The van der Waals surface area contributed by atoms with Crippen LogP contribution in [0.4, 0.5) is 5.69 Å². The van der Waals surface area contributed by atoms with E-state index in [0.29, 0.717) is 0 Å². The minimum Gasteiger partial charge on any atom is -0.455 e. The Bertz CT molecular complexity index is 3760. The Morgan fingerprint density at radius 3 is 1.78 bits per heavy atom. The largest absolute Gasteiger partial charge is 0.455 e. The third kappa shape index (κ3) is 6.26. The Morgan fingerprint density at radius 2 is 1.02 bits per heavy atom. The molecule has 0 fully saturated rings. The molecular formula is C62H44N2O. The van der Waals surface area contributed by atoms with Crippen molar-refractivity contribution in [2.45, 2.75) is 24.9 Å². The van der Waals surface area contributed by atoms with Crippen LogP contribution in [0.15, 0.2) is 235 Å². The van der Waals surface area contributed by atoms with Gasteiger partial charge in [-0.15, -0.1) is 0 Å². The third-order valence-corrected chi connectivity index (χ3v) is 13.8. The monoisotopic (exact) mass is 832 g/mol. The van der Waals surface area contributed by atoms with Gasteiger partial charge in [0.2, 0.25) is 0 Å². The molecule has 0 saturated heterocycles. The maximum Gasteiger partial charge on any atom is 0.143 e. The normalized spacial score (nSPS) is 16.2. The van der Waals surface area contributed by atoms with Gasteiger partial charge in [0.15, 0.2) is 0 Å². The van der Waals surface area contributed by atoms with Crippen molar-refractivity contribution in [3.05, 3.63) is 236 Å². The highest BCUT2D eigenvalue weighted by Gasteiger charge is 2.29. The molecule has 3 nitrogen and oxygen atoms in total. The van der Waals surface area contributed by atoms with Crippen LogP contribution in [0.2, 0.25) is 0 Å². The molecule has 3 heteroatoms. The van der Waals surface area contributed by atoms with E-state index in [1.165, 1.54) is 82.6 Å². The summed E-state index contributed by atoms with van der Waals surface area (Å²) in [5.74, 6) is 0. The summed E-state index contributed by atoms with van der Waals surface area (Å²) in [4.78, 5) is 2.66. The third-order valence-electron chi connectivity index (χ3n) is 13.8. The molecule has 2 aromatic heterocycles. The molecule has 0 spiro atoms. The molecule has 0 amide bonds. The zero-order valence-corrected chi connectivity index (χ0v) is 35.8. The number of furan rings is 1. The van der Waals surface area contributed by atoms with Crippen molar-refractivity contribution in [2.24, 2.45) is 0 Å². The lowest BCUT2D eigenvalue weighted by atomic mass is 9.90. The number of para-hydroxylation sites is 4. The molecule has 2 unspecified atom stereocenters. The van der Waals surface area contributed by atoms with Gasteiger partial charge < -0.3 is 13.9 Å². The topological polar surface area (TPSA) is 21.3 Å². The second-order valence-corrected chi connectivity index (χ2v) is 17.5. The standard InChI is InChI=1S/C62H44N2O/c1-2-16-45-40-61-57(39-44(45)15-1)56-26-13-25-55(62(56)65-61)54-23-7-8-27-58(54)63(48-34-36-49(37-35-48)64-59-28-9-5-21-52(59)53-22-6-10-29-60(53)64)47-32-30-41(31-33-47)43-18-11-19-46(38-43)51-24-12-17-42-14-3-4-20-50(42)51/h1-32,34,36-40,47-48H,33,35H2. The van der Waals surface area contributed by atoms with Crippen molar-refractivity contribution < 1.29 is 4.42 Å². The zero-order valence-electron chi connectivity index (χ0n) is 35.8. The summed E-state index contributed by atoms with van der Waals surface area (Å²) in [6.07, 6.45) is 16.2. The molecule has 0 saturated carbocycles. The molecule has 0 N–H and O–H groups in total. The van der Waals surface area contributed by atoms with Gasteiger partial charge in [0.05, 0.1) is 23.1 Å². The number of allylic oxidation sites excluding steroid dienone is 4. The highest BCUT2D eigenvalue weighted by molar-refractivity contribution is 6.14. The van der Waals surface area contributed by atoms with Crippen LogP contribution >= 0.6 is 0 Å². The number of benzene rings is 9. The Morgan fingerprint density at radius 1 is 0.431 bits per heavy atom. The minimum atomic E-state index is 0.104. The van der Waals surface area contributed by atoms with Crippen LogP contribution in [0.1, 0.15) is 18.4 Å². The van der Waals surface area contributed by atoms with Crippen LogP contribution in [0.3, 0.4) is 0 Å². The molecule has 2 aliphatic rings. The van der Waals surface area contributed by atoms with Gasteiger partial charge in [0.25, 0.3) is 0 Å². The van der Waals surface area contributed by atoms with Gasteiger partial charge in [0.1, 0.15) is 11.2 Å². The van der Waals surface area contributed by atoms with Crippen molar-refractivity contribution in [1.82, 2.24) is 4.57 Å². The van der Waals surface area contributed by atoms with Gasteiger partial charge in [0, 0.05) is 44.1 Å². The van der Waals surface area contributed by atoms with E-state index in [9.17, 15) is 0 Å². The quantitative estimate of drug-likeness (QED) is 0.160. The van der Waals surface area contributed by atoms with Gasteiger partial charge in [-0.3, -0.25) is 0 Å². The molecule has 0 aliphatic heterocycles. The van der Waals surface area contributed by atoms with Crippen LogP contribution < -0.4 is 4.90 Å². The minimum absolute atomic E-state index is 0.104. The van der Waals surface area contributed by atoms with Gasteiger partial charge >= 0.3 is 0 Å². The average molecular weight is 833 g/mol. The van der Waals surface area contributed by atoms with E-state index in [0.717, 1.165) is 40.3 Å². The molecule has 2 aliphatic carbocycles. The van der Waals surface area contributed by atoms with Gasteiger partial charge in [-0.1, -0.05) is 188 Å². The second kappa shape index (κ2) is 15.3. The lowest BCUT2D eigenvalue weighted by Crippen LogP contribution is -2.42. The second-order valence-electron chi connectivity index (χ2n) is 17.5. The first-order chi connectivity index (χ1) is 32.2. The van der Waals surface area contributed by atoms with E-state index >= 15 is 0 Å². The lowest BCUT2D eigenvalue weighted by Gasteiger charge is -2.40. The summed E-state index contributed by atoms with van der Waals surface area (Å²) in [6.45, 7) is 0. The van der Waals surface area contributed by atoms with Crippen molar-refractivity contribution in [2.75, 3.05) is 4.90 Å². The maximum absolute atomic E-state index is 6.86. The fraction of sp³-hybridized carbons (Fsp3) is 0.0645. The summed E-state index contributed by atoms with van der Waals surface area (Å²) < 4.78 is 9.29. The SMILES string of the molecule is C1=CC(N(c2ccccc2-c2cccc3c2oc2cc4ccccc4cc23)C2C=CC(n3c4ccccc4c4ccccc43)=CC2)CC=C1c1cccc(-c2cccc3ccccc23)c1. The van der Waals surface area contributed by atoms with Crippen LogP contribution in [-0.4, -0.2) is 16.7 Å². The Kier molecular flexibility index (Phi) is 8.80. The van der Waals surface area contributed by atoms with Crippen LogP contribution in [0, 0.1) is 0 Å². The molecular weight excluding hydrogens is 789 g/mol. The number of anilines is 1. The number of aromatic nitrogens is 1. The molecule has 65 heavy (non-hydrogen) atoms. The van der Waals surface area contributed by atoms with E-state index in [1.807, 2.05) is 0 Å². The first-order valence-corrected chi connectivity index (χ1v) is 22.8. The lowest BCUT2D eigenvalue weighted by molar-refractivity contribution is 0.617. The van der Waals surface area contributed by atoms with E-state index in [-0.39, 0.29) is 12.1 Å². The molecule has 0 radical (unpaired) electrons. The van der Waals surface area contributed by atoms with Crippen molar-refractivity contribution in [1.29, 1.82) is 0 Å². The number of fused-ring (bicyclic) bond motifs is 8. The molecule has 0 bridgehead atoms. The number of hydrogen-bond donors (Lipinski definition) is 0. The molecule has 11 aromatic rings. The van der Waals surface area contributed by atoms with Gasteiger partial charge in [-0.05, 0) is 99.1 Å². The summed E-state index contributed by atoms with van der Waals surface area (Å²) in [5, 5.41) is 9.77. The number of hydrogen-bond acceptors (Lipinski definition) is 2. The van der Waals surface area contributed by atoms with E-state index in [2.05, 4.69) is 240 Å². The summed E-state index contributed by atoms with van der Waals surface area (Å²) in [5.41, 5.74) is 13.9. The fourth-order valence-corrected chi connectivity index (χ4v) is 10.8. The highest BCUT2D eigenvalue weighted by Crippen LogP contribution is 2.44. The van der Waals surface area contributed by atoms with Crippen LogP contribution in [0.25, 0.3) is 98.8 Å². The smallest absolute Gasteiger partial charge is 0.143 e. The predicted octanol–water partition coefficient (Wildman–Crippen LogP) is 16.4. The van der Waals surface area contributed by atoms with E-state index in [1.54, 1.807) is 0 Å². The highest BCUT2D eigenvalue weighted by atomic mass is 16.3. The summed E-state index contributed by atoms with van der Waals surface area (Å²) in [6, 6.07) is 70.7. The summed E-state index contributed by atoms with van der Waals surface area (Å²) in [7, 11) is 0. The first kappa shape index (κ1) is 37.4. The van der Waals surface area contributed by atoms with Crippen molar-refractivity contribution >= 4 is 82.2 Å². The van der Waals surface area contributed by atoms with E-state index in [4.69, 9.17) is 4.42 Å². The van der Waals surface area contributed by atoms with E-state index < -0.39 is 0 Å². The Balaban J connectivity index is 0.905.